The van der Waals surface area contributed by atoms with Gasteiger partial charge in [-0.05, 0) is 18.2 Å². The molecule has 0 saturated heterocycles. The normalized spacial score (nSPS) is 10.2. The molecule has 0 spiro atoms. The van der Waals surface area contributed by atoms with Gasteiger partial charge in [0.15, 0.2) is 5.82 Å². The van der Waals surface area contributed by atoms with Crippen LogP contribution in [0.15, 0.2) is 35.1 Å². The van der Waals surface area contributed by atoms with Gasteiger partial charge in [0.1, 0.15) is 0 Å². The molecule has 0 fully saturated rings. The molecule has 17 heavy (non-hydrogen) atoms. The molecule has 1 heterocycles. The van der Waals surface area contributed by atoms with Crippen LogP contribution in [0, 0.1) is 0 Å². The third-order valence-electron chi connectivity index (χ3n) is 2.17. The van der Waals surface area contributed by atoms with E-state index in [2.05, 4.69) is 25.9 Å². The largest absolute Gasteiger partial charge is 0.478 e. The van der Waals surface area contributed by atoms with Gasteiger partial charge in [0.05, 0.1) is 5.56 Å². The number of nitrogens with one attached hydrogen (secondary N) is 1. The van der Waals surface area contributed by atoms with Gasteiger partial charge >= 0.3 is 5.97 Å². The summed E-state index contributed by atoms with van der Waals surface area (Å²) < 4.78 is 0.603. The van der Waals surface area contributed by atoms with Crippen LogP contribution in [0.4, 0.5) is 0 Å². The van der Waals surface area contributed by atoms with Crippen LogP contribution in [0.2, 0.25) is 0 Å². The topological polar surface area (TPSA) is 83.0 Å². The van der Waals surface area contributed by atoms with Gasteiger partial charge in [0.25, 0.3) is 0 Å². The Kier molecular flexibility index (Phi) is 3.06. The Bertz CT molecular complexity index is 578. The molecule has 2 N–H and O–H groups in total. The number of aromatic carboxylic acids is 1. The SMILES string of the molecule is O=C(O)c1cc(Br)ccc1C(=O)c1ncc[nH]1. The molecular weight excluding hydrogens is 288 g/mol. The number of imidazole rings is 1. The molecule has 0 bridgehead atoms. The maximum atomic E-state index is 12.0. The van der Waals surface area contributed by atoms with Gasteiger partial charge in [-0.3, -0.25) is 4.79 Å². The zero-order valence-electron chi connectivity index (χ0n) is 8.48. The first-order chi connectivity index (χ1) is 8.09. The molecule has 2 rings (SSSR count). The van der Waals surface area contributed by atoms with Crippen molar-refractivity contribution in [1.82, 2.24) is 9.97 Å². The molecule has 1 aromatic heterocycles. The number of hydrogen-bond donors (Lipinski definition) is 2. The maximum Gasteiger partial charge on any atom is 0.336 e. The Morgan fingerprint density at radius 3 is 2.65 bits per heavy atom. The first-order valence-electron chi connectivity index (χ1n) is 4.66. The zero-order valence-corrected chi connectivity index (χ0v) is 10.1. The number of hydrogen-bond acceptors (Lipinski definition) is 3. The summed E-state index contributed by atoms with van der Waals surface area (Å²) in [6, 6.07) is 4.46. The van der Waals surface area contributed by atoms with E-state index >= 15 is 0 Å². The van der Waals surface area contributed by atoms with Crippen molar-refractivity contribution in [1.29, 1.82) is 0 Å². The van der Waals surface area contributed by atoms with E-state index in [-0.39, 0.29) is 17.0 Å². The Labute approximate surface area is 105 Å². The molecule has 0 atom stereocenters. The number of benzene rings is 1. The van der Waals surface area contributed by atoms with Crippen molar-refractivity contribution in [2.24, 2.45) is 0 Å². The molecule has 86 valence electrons. The van der Waals surface area contributed by atoms with Crippen LogP contribution >= 0.6 is 15.9 Å². The molecule has 5 nitrogen and oxygen atoms in total. The first-order valence-corrected chi connectivity index (χ1v) is 5.46. The number of rotatable bonds is 3. The smallest absolute Gasteiger partial charge is 0.336 e. The number of ketones is 1. The fraction of sp³-hybridized carbons (Fsp3) is 0. The van der Waals surface area contributed by atoms with Gasteiger partial charge in [-0.15, -0.1) is 0 Å². The van der Waals surface area contributed by atoms with Crippen LogP contribution < -0.4 is 0 Å². The van der Waals surface area contributed by atoms with E-state index in [0.29, 0.717) is 4.47 Å². The summed E-state index contributed by atoms with van der Waals surface area (Å²) in [5, 5.41) is 9.03. The Hall–Kier alpha value is -1.95. The van der Waals surface area contributed by atoms with Crippen molar-refractivity contribution in [3.8, 4) is 0 Å². The Morgan fingerprint density at radius 1 is 1.29 bits per heavy atom. The number of carboxylic acids is 1. The molecule has 0 aliphatic heterocycles. The fourth-order valence-corrected chi connectivity index (χ4v) is 1.77. The zero-order chi connectivity index (χ0) is 12.4. The molecule has 1 aromatic carbocycles. The van der Waals surface area contributed by atoms with Gasteiger partial charge in [-0.25, -0.2) is 9.78 Å². The summed E-state index contributed by atoms with van der Waals surface area (Å²) in [4.78, 5) is 29.5. The molecule has 0 aliphatic rings. The van der Waals surface area contributed by atoms with E-state index in [1.165, 1.54) is 24.5 Å². The average Bonchev–Trinajstić information content (AvgIpc) is 2.81. The van der Waals surface area contributed by atoms with E-state index < -0.39 is 11.8 Å². The summed E-state index contributed by atoms with van der Waals surface area (Å²) in [6.07, 6.45) is 2.94. The number of carbonyl (C=O) groups is 2. The van der Waals surface area contributed by atoms with E-state index in [1.54, 1.807) is 6.07 Å². The Balaban J connectivity index is 2.52. The minimum absolute atomic E-state index is 0.0548. The van der Waals surface area contributed by atoms with Gasteiger partial charge in [0.2, 0.25) is 5.78 Å². The minimum Gasteiger partial charge on any atom is -0.478 e. The third-order valence-corrected chi connectivity index (χ3v) is 2.66. The number of nitrogens with zero attached hydrogens (tertiary/aromatic N) is 1. The summed E-state index contributed by atoms with van der Waals surface area (Å²) in [5.74, 6) is -1.48. The van der Waals surface area contributed by atoms with Gasteiger partial charge in [0, 0.05) is 22.4 Å². The second kappa shape index (κ2) is 4.50. The van der Waals surface area contributed by atoms with E-state index in [0.717, 1.165) is 0 Å². The first kappa shape index (κ1) is 11.5. The summed E-state index contributed by atoms with van der Waals surface area (Å²) in [7, 11) is 0. The molecule has 6 heteroatoms. The van der Waals surface area contributed by atoms with Crippen LogP contribution in [0.25, 0.3) is 0 Å². The highest BCUT2D eigenvalue weighted by atomic mass is 79.9. The van der Waals surface area contributed by atoms with Crippen LogP contribution in [-0.4, -0.2) is 26.8 Å². The van der Waals surface area contributed by atoms with E-state index in [1.807, 2.05) is 0 Å². The number of aromatic amines is 1. The van der Waals surface area contributed by atoms with E-state index in [4.69, 9.17) is 5.11 Å². The highest BCUT2D eigenvalue weighted by Crippen LogP contribution is 2.18. The number of halogens is 1. The monoisotopic (exact) mass is 294 g/mol. The standard InChI is InChI=1S/C11H7BrN2O3/c12-6-1-2-7(8(5-6)11(16)17)9(15)10-13-3-4-14-10/h1-5H,(H,13,14)(H,16,17). The van der Waals surface area contributed by atoms with Crippen LogP contribution in [0.5, 0.6) is 0 Å². The lowest BCUT2D eigenvalue weighted by atomic mass is 10.0. The van der Waals surface area contributed by atoms with Crippen molar-refractivity contribution in [3.63, 3.8) is 0 Å². The van der Waals surface area contributed by atoms with Crippen molar-refractivity contribution < 1.29 is 14.7 Å². The summed E-state index contributed by atoms with van der Waals surface area (Å²) in [6.45, 7) is 0. The van der Waals surface area contributed by atoms with Gasteiger partial charge in [-0.1, -0.05) is 15.9 Å². The predicted octanol–water partition coefficient (Wildman–Crippen LogP) is 2.10. The minimum atomic E-state index is -1.15. The fourth-order valence-electron chi connectivity index (χ4n) is 1.41. The van der Waals surface area contributed by atoms with Gasteiger partial charge in [-0.2, -0.15) is 0 Å². The molecule has 0 radical (unpaired) electrons. The highest BCUT2D eigenvalue weighted by molar-refractivity contribution is 9.10. The molecule has 0 unspecified atom stereocenters. The van der Waals surface area contributed by atoms with Crippen molar-refractivity contribution in [2.45, 2.75) is 0 Å². The van der Waals surface area contributed by atoms with Crippen molar-refractivity contribution >= 4 is 27.7 Å². The number of carbonyl (C=O) groups excluding carboxylic acids is 1. The second-order valence-electron chi connectivity index (χ2n) is 3.26. The lowest BCUT2D eigenvalue weighted by Crippen LogP contribution is -2.11. The number of carboxylic acid groups (broad SMARTS) is 1. The van der Waals surface area contributed by atoms with E-state index in [9.17, 15) is 9.59 Å². The highest BCUT2D eigenvalue weighted by Gasteiger charge is 2.19. The van der Waals surface area contributed by atoms with Gasteiger partial charge < -0.3 is 10.1 Å². The number of aromatic nitrogens is 2. The molecule has 2 aromatic rings. The third kappa shape index (κ3) is 2.26. The van der Waals surface area contributed by atoms with Crippen LogP contribution in [-0.2, 0) is 0 Å². The maximum absolute atomic E-state index is 12.0. The lowest BCUT2D eigenvalue weighted by molar-refractivity contribution is 0.0692. The average molecular weight is 295 g/mol. The molecule has 0 aliphatic carbocycles. The molecule has 0 saturated carbocycles. The van der Waals surface area contributed by atoms with Crippen molar-refractivity contribution in [3.05, 3.63) is 52.0 Å². The van der Waals surface area contributed by atoms with Crippen molar-refractivity contribution in [2.75, 3.05) is 0 Å². The van der Waals surface area contributed by atoms with Crippen LogP contribution in [0.1, 0.15) is 26.5 Å². The Morgan fingerprint density at radius 2 is 2.06 bits per heavy atom. The van der Waals surface area contributed by atoms with Crippen LogP contribution in [0.3, 0.4) is 0 Å². The predicted molar refractivity (Wildman–Crippen MR) is 63.1 cm³/mol. The lowest BCUT2D eigenvalue weighted by Gasteiger charge is -2.03. The second-order valence-corrected chi connectivity index (χ2v) is 4.18. The number of H-pyrrole nitrogens is 1. The quantitative estimate of drug-likeness (QED) is 0.849. The summed E-state index contributed by atoms with van der Waals surface area (Å²) >= 11 is 3.16. The molecule has 0 amide bonds. The summed E-state index contributed by atoms with van der Waals surface area (Å²) in [5.41, 5.74) is 0.0522. The molecular formula is C11H7BrN2O3.